The average Bonchev–Trinajstić information content (AvgIpc) is 2.88. The maximum absolute atomic E-state index is 11.9. The zero-order valence-electron chi connectivity index (χ0n) is 13.0. The van der Waals surface area contributed by atoms with E-state index < -0.39 is 0 Å². The molecule has 120 valence electrons. The quantitative estimate of drug-likeness (QED) is 0.692. The van der Waals surface area contributed by atoms with Gasteiger partial charge in [0.05, 0.1) is 0 Å². The molecule has 3 rings (SSSR count). The van der Waals surface area contributed by atoms with Crippen molar-refractivity contribution in [1.29, 1.82) is 0 Å². The summed E-state index contributed by atoms with van der Waals surface area (Å²) in [7, 11) is 0. The molecule has 7 nitrogen and oxygen atoms in total. The largest absolute Gasteiger partial charge is 0.271 e. The lowest BCUT2D eigenvalue weighted by molar-refractivity contribution is -0.122. The molecule has 0 bridgehead atoms. The first-order valence-electron chi connectivity index (χ1n) is 7.99. The molecule has 0 unspecified atom stereocenters. The van der Waals surface area contributed by atoms with Crippen LogP contribution in [0.4, 0.5) is 0 Å². The highest BCUT2D eigenvalue weighted by Crippen LogP contribution is 2.14. The fourth-order valence-electron chi connectivity index (χ4n) is 2.57. The Hall–Kier alpha value is -2.57. The van der Waals surface area contributed by atoms with Crippen LogP contribution in [0.5, 0.6) is 0 Å². The molecule has 0 radical (unpaired) electrons. The summed E-state index contributed by atoms with van der Waals surface area (Å²) < 4.78 is 0. The molecule has 23 heavy (non-hydrogen) atoms. The molecular formula is C16H20N6O. The van der Waals surface area contributed by atoms with Gasteiger partial charge < -0.3 is 0 Å². The van der Waals surface area contributed by atoms with Gasteiger partial charge in [0.15, 0.2) is 0 Å². The minimum Gasteiger partial charge on any atom is -0.271 e. The van der Waals surface area contributed by atoms with E-state index in [-0.39, 0.29) is 12.5 Å². The molecule has 1 amide bonds. The van der Waals surface area contributed by atoms with Crippen LogP contribution in [0.1, 0.15) is 38.5 Å². The van der Waals surface area contributed by atoms with Gasteiger partial charge in [-0.05, 0) is 30.9 Å². The molecule has 7 heteroatoms. The molecule has 1 heterocycles. The van der Waals surface area contributed by atoms with Crippen molar-refractivity contribution in [3.8, 4) is 11.4 Å². The fraction of sp³-hybridized carbons (Fsp3) is 0.438. The summed E-state index contributed by atoms with van der Waals surface area (Å²) in [4.78, 5) is 13.2. The van der Waals surface area contributed by atoms with E-state index in [0.717, 1.165) is 37.0 Å². The zero-order valence-corrected chi connectivity index (χ0v) is 13.0. The van der Waals surface area contributed by atoms with E-state index in [1.807, 2.05) is 30.3 Å². The number of hydrogen-bond acceptors (Lipinski definition) is 5. The van der Waals surface area contributed by atoms with Crippen molar-refractivity contribution in [2.45, 2.75) is 45.1 Å². The predicted octanol–water partition coefficient (Wildman–Crippen LogP) is 2.17. The van der Waals surface area contributed by atoms with E-state index in [0.29, 0.717) is 5.82 Å². The molecule has 1 aliphatic carbocycles. The first-order chi connectivity index (χ1) is 11.3. The molecule has 1 fully saturated rings. The summed E-state index contributed by atoms with van der Waals surface area (Å²) in [5.41, 5.74) is 4.55. The number of nitrogens with one attached hydrogen (secondary N) is 1. The maximum atomic E-state index is 11.9. The Morgan fingerprint density at radius 2 is 1.87 bits per heavy atom. The third-order valence-corrected chi connectivity index (χ3v) is 3.79. The Kier molecular flexibility index (Phi) is 5.08. The zero-order chi connectivity index (χ0) is 15.9. The molecule has 0 saturated heterocycles. The summed E-state index contributed by atoms with van der Waals surface area (Å²) in [5, 5.41) is 16.3. The first-order valence-corrected chi connectivity index (χ1v) is 7.99. The lowest BCUT2D eigenvalue weighted by Gasteiger charge is -2.03. The van der Waals surface area contributed by atoms with Gasteiger partial charge in [-0.3, -0.25) is 4.79 Å². The monoisotopic (exact) mass is 312 g/mol. The van der Waals surface area contributed by atoms with E-state index in [1.165, 1.54) is 17.6 Å². The van der Waals surface area contributed by atoms with E-state index in [2.05, 4.69) is 25.9 Å². The van der Waals surface area contributed by atoms with Crippen LogP contribution >= 0.6 is 0 Å². The molecule has 1 aliphatic rings. The smallest absolute Gasteiger partial charge is 0.263 e. The summed E-state index contributed by atoms with van der Waals surface area (Å²) in [6.07, 6.45) is 6.75. The number of aromatic nitrogens is 4. The lowest BCUT2D eigenvalue weighted by Crippen LogP contribution is -2.25. The van der Waals surface area contributed by atoms with E-state index in [1.54, 1.807) is 0 Å². The van der Waals surface area contributed by atoms with Crippen molar-refractivity contribution in [2.24, 2.45) is 5.10 Å². The van der Waals surface area contributed by atoms with Crippen LogP contribution in [0.2, 0.25) is 0 Å². The SMILES string of the molecule is O=C(Cn1nnc(-c2ccccc2)n1)NN=C1CCCCCC1. The number of hydrazone groups is 1. The maximum Gasteiger partial charge on any atom is 0.263 e. The summed E-state index contributed by atoms with van der Waals surface area (Å²) in [5.74, 6) is 0.271. The topological polar surface area (TPSA) is 85.1 Å². The molecule has 1 saturated carbocycles. The van der Waals surface area contributed by atoms with Gasteiger partial charge in [-0.1, -0.05) is 43.2 Å². The molecule has 1 N–H and O–H groups in total. The van der Waals surface area contributed by atoms with Crippen molar-refractivity contribution in [3.63, 3.8) is 0 Å². The average molecular weight is 312 g/mol. The van der Waals surface area contributed by atoms with Crippen LogP contribution in [0.25, 0.3) is 11.4 Å². The Morgan fingerprint density at radius 1 is 1.13 bits per heavy atom. The molecule has 0 atom stereocenters. The van der Waals surface area contributed by atoms with Gasteiger partial charge in [-0.15, -0.1) is 10.2 Å². The van der Waals surface area contributed by atoms with E-state index in [4.69, 9.17) is 0 Å². The number of hydrogen-bond donors (Lipinski definition) is 1. The highest BCUT2D eigenvalue weighted by Gasteiger charge is 2.10. The minimum atomic E-state index is -0.237. The highest BCUT2D eigenvalue weighted by molar-refractivity contribution is 5.86. The standard InChI is InChI=1S/C16H20N6O/c23-15(18-17-14-10-6-1-2-7-11-14)12-22-20-16(19-21-22)13-8-4-3-5-9-13/h3-5,8-9H,1-2,6-7,10-12H2,(H,18,23). The minimum absolute atomic E-state index is 0.0105. The number of rotatable bonds is 4. The van der Waals surface area contributed by atoms with E-state index in [9.17, 15) is 4.79 Å². The molecule has 0 spiro atoms. The summed E-state index contributed by atoms with van der Waals surface area (Å²) >= 11 is 0. The molecular weight excluding hydrogens is 292 g/mol. The van der Waals surface area contributed by atoms with Crippen LogP contribution in [0.15, 0.2) is 35.4 Å². The van der Waals surface area contributed by atoms with Crippen LogP contribution in [0.3, 0.4) is 0 Å². The summed E-state index contributed by atoms with van der Waals surface area (Å²) in [6.45, 7) is 0.0105. The van der Waals surface area contributed by atoms with Gasteiger partial charge in [0.2, 0.25) is 5.82 Å². The van der Waals surface area contributed by atoms with Gasteiger partial charge in [-0.25, -0.2) is 5.43 Å². The van der Waals surface area contributed by atoms with Crippen molar-refractivity contribution in [3.05, 3.63) is 30.3 Å². The summed E-state index contributed by atoms with van der Waals surface area (Å²) in [6, 6.07) is 9.55. The number of carbonyl (C=O) groups is 1. The van der Waals surface area contributed by atoms with Crippen molar-refractivity contribution < 1.29 is 4.79 Å². The van der Waals surface area contributed by atoms with Crippen LogP contribution in [-0.2, 0) is 11.3 Å². The van der Waals surface area contributed by atoms with Gasteiger partial charge in [-0.2, -0.15) is 9.90 Å². The van der Waals surface area contributed by atoms with Crippen molar-refractivity contribution >= 4 is 11.6 Å². The Labute approximate surface area is 134 Å². The number of carbonyl (C=O) groups excluding carboxylic acids is 1. The molecule has 0 aliphatic heterocycles. The van der Waals surface area contributed by atoms with Crippen molar-refractivity contribution in [1.82, 2.24) is 25.6 Å². The number of tetrazole rings is 1. The second-order valence-corrected chi connectivity index (χ2v) is 5.64. The number of nitrogens with zero attached hydrogens (tertiary/aromatic N) is 5. The third kappa shape index (κ3) is 4.45. The van der Waals surface area contributed by atoms with Gasteiger partial charge in [0.25, 0.3) is 5.91 Å². The number of amides is 1. The van der Waals surface area contributed by atoms with Gasteiger partial charge in [0.1, 0.15) is 6.54 Å². The second-order valence-electron chi connectivity index (χ2n) is 5.64. The highest BCUT2D eigenvalue weighted by atomic mass is 16.2. The van der Waals surface area contributed by atoms with Gasteiger partial charge >= 0.3 is 0 Å². The Balaban J connectivity index is 1.56. The lowest BCUT2D eigenvalue weighted by atomic mass is 10.2. The molecule has 2 aromatic rings. The first kappa shape index (κ1) is 15.3. The fourth-order valence-corrected chi connectivity index (χ4v) is 2.57. The Morgan fingerprint density at radius 3 is 2.61 bits per heavy atom. The van der Waals surface area contributed by atoms with Crippen LogP contribution < -0.4 is 5.43 Å². The second kappa shape index (κ2) is 7.62. The van der Waals surface area contributed by atoms with Crippen LogP contribution in [-0.4, -0.2) is 31.8 Å². The van der Waals surface area contributed by atoms with Crippen LogP contribution in [0, 0.1) is 0 Å². The van der Waals surface area contributed by atoms with Crippen molar-refractivity contribution in [2.75, 3.05) is 0 Å². The normalized spacial score (nSPS) is 15.0. The van der Waals surface area contributed by atoms with E-state index >= 15 is 0 Å². The van der Waals surface area contributed by atoms with Gasteiger partial charge in [0, 0.05) is 11.3 Å². The third-order valence-electron chi connectivity index (χ3n) is 3.79. The molecule has 1 aromatic heterocycles. The predicted molar refractivity (Wildman–Crippen MR) is 86.5 cm³/mol. The molecule has 1 aromatic carbocycles. The Bertz CT molecular complexity index is 669. The number of benzene rings is 1.